The maximum atomic E-state index is 14.6. The second kappa shape index (κ2) is 9.11. The zero-order valence-electron chi connectivity index (χ0n) is 17.5. The Labute approximate surface area is 199 Å². The summed E-state index contributed by atoms with van der Waals surface area (Å²) in [6.07, 6.45) is 1.22. The highest BCUT2D eigenvalue weighted by atomic mass is 35.5. The van der Waals surface area contributed by atoms with Gasteiger partial charge in [-0.15, -0.1) is 5.10 Å². The van der Waals surface area contributed by atoms with Gasteiger partial charge in [0.2, 0.25) is 0 Å². The van der Waals surface area contributed by atoms with E-state index in [0.717, 1.165) is 18.2 Å². The summed E-state index contributed by atoms with van der Waals surface area (Å²) >= 11 is 5.62. The molecule has 2 aromatic heterocycles. The van der Waals surface area contributed by atoms with Gasteiger partial charge >= 0.3 is 0 Å². The highest BCUT2D eigenvalue weighted by Gasteiger charge is 2.19. The Kier molecular flexibility index (Phi) is 5.83. The molecule has 8 nitrogen and oxygen atoms in total. The maximum absolute atomic E-state index is 14.6. The number of anilines is 1. The van der Waals surface area contributed by atoms with Crippen molar-refractivity contribution < 1.29 is 27.1 Å². The molecule has 0 aliphatic rings. The molecule has 0 atom stereocenters. The summed E-state index contributed by atoms with van der Waals surface area (Å²) in [5, 5.41) is 15.9. The average molecular weight is 500 g/mol. The van der Waals surface area contributed by atoms with Crippen LogP contribution in [-0.4, -0.2) is 26.5 Å². The number of nitrogens with zero attached hydrogens (tertiary/aromatic N) is 3. The molecule has 0 saturated heterocycles. The van der Waals surface area contributed by atoms with Crippen LogP contribution < -0.4 is 10.1 Å². The number of benzene rings is 3. The molecule has 0 saturated carbocycles. The first-order valence-electron chi connectivity index (χ1n) is 10.0. The lowest BCUT2D eigenvalue weighted by molar-refractivity contribution is 0.102. The van der Waals surface area contributed by atoms with Crippen LogP contribution in [0.25, 0.3) is 22.4 Å². The predicted octanol–water partition coefficient (Wildman–Crippen LogP) is 5.51. The number of aromatic nitrogens is 4. The lowest BCUT2D eigenvalue weighted by Crippen LogP contribution is -2.11. The smallest absolute Gasteiger partial charge is 0.259 e. The summed E-state index contributed by atoms with van der Waals surface area (Å²) in [4.78, 5) is 12.8. The van der Waals surface area contributed by atoms with Crippen molar-refractivity contribution in [2.45, 2.75) is 6.61 Å². The van der Waals surface area contributed by atoms with Gasteiger partial charge in [0, 0.05) is 16.1 Å². The largest absolute Gasteiger partial charge is 0.489 e. The highest BCUT2D eigenvalue weighted by Crippen LogP contribution is 2.29. The number of aromatic amines is 1. The van der Waals surface area contributed by atoms with Crippen LogP contribution in [0.4, 0.5) is 18.9 Å². The molecule has 2 heterocycles. The fourth-order valence-corrected chi connectivity index (χ4v) is 3.57. The number of amides is 1. The molecule has 0 aliphatic heterocycles. The van der Waals surface area contributed by atoms with Crippen molar-refractivity contribution >= 4 is 34.2 Å². The Morgan fingerprint density at radius 2 is 1.80 bits per heavy atom. The van der Waals surface area contributed by atoms with E-state index in [0.29, 0.717) is 11.4 Å². The maximum Gasteiger partial charge on any atom is 0.259 e. The van der Waals surface area contributed by atoms with Crippen molar-refractivity contribution in [2.75, 3.05) is 5.32 Å². The molecule has 3 aromatic carbocycles. The Balaban J connectivity index is 1.28. The molecule has 0 radical (unpaired) electrons. The van der Waals surface area contributed by atoms with Gasteiger partial charge in [-0.25, -0.2) is 18.3 Å². The van der Waals surface area contributed by atoms with E-state index in [-0.39, 0.29) is 45.1 Å². The van der Waals surface area contributed by atoms with Crippen LogP contribution in [0.3, 0.4) is 0 Å². The quantitative estimate of drug-likeness (QED) is 0.319. The van der Waals surface area contributed by atoms with Crippen molar-refractivity contribution in [2.24, 2.45) is 0 Å². The van der Waals surface area contributed by atoms with Gasteiger partial charge in [-0.2, -0.15) is 0 Å². The monoisotopic (exact) mass is 499 g/mol. The van der Waals surface area contributed by atoms with Crippen LogP contribution in [0, 0.1) is 17.5 Å². The third kappa shape index (κ3) is 4.53. The fourth-order valence-electron chi connectivity index (χ4n) is 3.38. The number of hydrogen-bond acceptors (Lipinski definition) is 6. The Hall–Kier alpha value is -4.38. The second-order valence-corrected chi connectivity index (χ2v) is 7.78. The topological polar surface area (TPSA) is 106 Å². The van der Waals surface area contributed by atoms with Crippen molar-refractivity contribution in [1.82, 2.24) is 20.6 Å². The SMILES string of the molecule is O=C(Nc1ccc(OCc2c(F)cc(Cl)cc2F)cc1)c1coc2cc(-c3nnn[nH]3)c(F)cc12. The normalized spacial score (nSPS) is 11.1. The molecule has 5 aromatic rings. The summed E-state index contributed by atoms with van der Waals surface area (Å²) in [5.41, 5.74) is 0.639. The summed E-state index contributed by atoms with van der Waals surface area (Å²) in [6, 6.07) is 10.7. The predicted molar refractivity (Wildman–Crippen MR) is 119 cm³/mol. The van der Waals surface area contributed by atoms with Gasteiger partial charge in [-0.3, -0.25) is 4.79 Å². The van der Waals surface area contributed by atoms with Gasteiger partial charge in [0.25, 0.3) is 5.91 Å². The lowest BCUT2D eigenvalue weighted by Gasteiger charge is -2.10. The van der Waals surface area contributed by atoms with E-state index in [9.17, 15) is 18.0 Å². The number of rotatable bonds is 6. The van der Waals surface area contributed by atoms with E-state index in [1.165, 1.54) is 24.5 Å². The number of fused-ring (bicyclic) bond motifs is 1. The van der Waals surface area contributed by atoms with Crippen LogP contribution in [0.2, 0.25) is 5.02 Å². The zero-order chi connectivity index (χ0) is 24.5. The minimum Gasteiger partial charge on any atom is -0.489 e. The van der Waals surface area contributed by atoms with Crippen molar-refractivity contribution in [3.05, 3.63) is 88.4 Å². The van der Waals surface area contributed by atoms with Gasteiger partial charge in [0.05, 0.1) is 16.7 Å². The number of carbonyl (C=O) groups excluding carboxylic acids is 1. The molecule has 0 unspecified atom stereocenters. The Bertz CT molecular complexity index is 1520. The van der Waals surface area contributed by atoms with Crippen molar-refractivity contribution in [3.8, 4) is 17.1 Å². The second-order valence-electron chi connectivity index (χ2n) is 7.34. The molecule has 1 amide bonds. The van der Waals surface area contributed by atoms with Crippen LogP contribution in [0.5, 0.6) is 5.75 Å². The van der Waals surface area contributed by atoms with Gasteiger partial charge in [0.1, 0.15) is 41.7 Å². The standard InChI is InChI=1S/C23H13ClF3N5O3/c24-11-5-18(25)17(19(26)6-11)10-34-13-3-1-12(2-4-13)28-23(33)16-9-35-21-8-15(20(27)7-14(16)21)22-29-31-32-30-22/h1-9H,10H2,(H,28,33)(H,29,30,31,32). The number of H-pyrrole nitrogens is 1. The molecule has 2 N–H and O–H groups in total. The van der Waals surface area contributed by atoms with Gasteiger partial charge in [-0.1, -0.05) is 11.6 Å². The van der Waals surface area contributed by atoms with Gasteiger partial charge < -0.3 is 14.5 Å². The number of tetrazole rings is 1. The Morgan fingerprint density at radius 3 is 2.49 bits per heavy atom. The fraction of sp³-hybridized carbons (Fsp3) is 0.0435. The van der Waals surface area contributed by atoms with Crippen LogP contribution >= 0.6 is 11.6 Å². The van der Waals surface area contributed by atoms with E-state index in [1.54, 1.807) is 12.1 Å². The first kappa shape index (κ1) is 22.4. The Morgan fingerprint density at radius 1 is 1.06 bits per heavy atom. The molecule has 0 spiro atoms. The first-order valence-corrected chi connectivity index (χ1v) is 10.4. The van der Waals surface area contributed by atoms with E-state index < -0.39 is 23.4 Å². The summed E-state index contributed by atoms with van der Waals surface area (Å²) in [7, 11) is 0. The molecule has 0 aliphatic carbocycles. The molecule has 0 bridgehead atoms. The van der Waals surface area contributed by atoms with E-state index in [2.05, 4.69) is 25.9 Å². The molecule has 5 rings (SSSR count). The van der Waals surface area contributed by atoms with Crippen LogP contribution in [0.1, 0.15) is 15.9 Å². The molecule has 12 heteroatoms. The number of carbonyl (C=O) groups is 1. The molecular formula is C23H13ClF3N5O3. The van der Waals surface area contributed by atoms with Gasteiger partial charge in [-0.05, 0) is 59.0 Å². The zero-order valence-corrected chi connectivity index (χ0v) is 18.2. The number of halogens is 4. The molecular weight excluding hydrogens is 487 g/mol. The molecule has 35 heavy (non-hydrogen) atoms. The summed E-state index contributed by atoms with van der Waals surface area (Å²) in [5.74, 6) is -2.35. The summed E-state index contributed by atoms with van der Waals surface area (Å²) in [6.45, 7) is -0.348. The van der Waals surface area contributed by atoms with Gasteiger partial charge in [0.15, 0.2) is 5.82 Å². The minimum absolute atomic E-state index is 0.0513. The highest BCUT2D eigenvalue weighted by molar-refractivity contribution is 6.30. The van der Waals surface area contributed by atoms with E-state index in [1.807, 2.05) is 0 Å². The average Bonchev–Trinajstić information content (AvgIpc) is 3.49. The van der Waals surface area contributed by atoms with Crippen molar-refractivity contribution in [1.29, 1.82) is 0 Å². The van der Waals surface area contributed by atoms with Crippen molar-refractivity contribution in [3.63, 3.8) is 0 Å². The number of hydrogen-bond donors (Lipinski definition) is 2. The van der Waals surface area contributed by atoms with E-state index in [4.69, 9.17) is 20.8 Å². The van der Waals surface area contributed by atoms with Crippen LogP contribution in [-0.2, 0) is 6.61 Å². The molecule has 0 fully saturated rings. The lowest BCUT2D eigenvalue weighted by atomic mass is 10.1. The minimum atomic E-state index is -0.813. The van der Waals surface area contributed by atoms with E-state index >= 15 is 0 Å². The number of ether oxygens (including phenoxy) is 1. The van der Waals surface area contributed by atoms with Crippen LogP contribution in [0.15, 0.2) is 59.2 Å². The number of nitrogens with one attached hydrogen (secondary N) is 2. The number of furan rings is 1. The first-order chi connectivity index (χ1) is 16.9. The third-order valence-corrected chi connectivity index (χ3v) is 5.33. The third-order valence-electron chi connectivity index (χ3n) is 5.11. The summed E-state index contributed by atoms with van der Waals surface area (Å²) < 4.78 is 53.2. The molecule has 176 valence electrons.